The van der Waals surface area contributed by atoms with Crippen molar-refractivity contribution in [1.29, 1.82) is 0 Å². The fraction of sp³-hybridized carbons (Fsp3) is 0.235. The van der Waals surface area contributed by atoms with Crippen molar-refractivity contribution in [1.82, 2.24) is 14.7 Å². The van der Waals surface area contributed by atoms with Crippen LogP contribution >= 0.6 is 11.6 Å². The molecule has 3 aromatic rings. The average Bonchev–Trinajstić information content (AvgIpc) is 2.89. The largest absolute Gasteiger partial charge is 0.313 e. The molecule has 0 saturated carbocycles. The minimum Gasteiger partial charge on any atom is -0.313 e. The number of nitrogens with one attached hydrogen (secondary N) is 1. The molecule has 3 rings (SSSR count). The summed E-state index contributed by atoms with van der Waals surface area (Å²) in [7, 11) is 0. The van der Waals surface area contributed by atoms with E-state index in [0.717, 1.165) is 35.9 Å². The molecule has 4 heteroatoms. The van der Waals surface area contributed by atoms with Gasteiger partial charge in [0.2, 0.25) is 0 Å². The standard InChI is InChI=1S/C17H18ClN3/c1-2-19-11-14-7-8-21-12-16(20-17(21)10-14)9-13-3-5-15(18)6-4-13/h3-8,10,12,19H,2,9,11H2,1H3. The SMILES string of the molecule is CCNCc1ccn2cc(Cc3ccc(Cl)cc3)nc2c1. The molecule has 0 saturated heterocycles. The van der Waals surface area contributed by atoms with Crippen LogP contribution in [0.1, 0.15) is 23.7 Å². The number of benzene rings is 1. The fourth-order valence-electron chi connectivity index (χ4n) is 2.35. The number of aromatic nitrogens is 2. The highest BCUT2D eigenvalue weighted by atomic mass is 35.5. The molecule has 0 unspecified atom stereocenters. The summed E-state index contributed by atoms with van der Waals surface area (Å²) in [5, 5.41) is 4.10. The van der Waals surface area contributed by atoms with Gasteiger partial charge in [0.25, 0.3) is 0 Å². The summed E-state index contributed by atoms with van der Waals surface area (Å²) >= 11 is 5.91. The van der Waals surface area contributed by atoms with Gasteiger partial charge in [-0.25, -0.2) is 4.98 Å². The van der Waals surface area contributed by atoms with E-state index in [1.165, 1.54) is 11.1 Å². The topological polar surface area (TPSA) is 29.3 Å². The summed E-state index contributed by atoms with van der Waals surface area (Å²) in [5.41, 5.74) is 4.54. The van der Waals surface area contributed by atoms with E-state index >= 15 is 0 Å². The summed E-state index contributed by atoms with van der Waals surface area (Å²) in [6.45, 7) is 3.96. The monoisotopic (exact) mass is 299 g/mol. The zero-order valence-corrected chi connectivity index (χ0v) is 12.8. The predicted molar refractivity (Wildman–Crippen MR) is 86.8 cm³/mol. The highest BCUT2D eigenvalue weighted by Crippen LogP contribution is 2.15. The van der Waals surface area contributed by atoms with Gasteiger partial charge >= 0.3 is 0 Å². The second-order valence-electron chi connectivity index (χ2n) is 5.12. The molecule has 1 aromatic carbocycles. The van der Waals surface area contributed by atoms with Gasteiger partial charge in [-0.05, 0) is 41.9 Å². The smallest absolute Gasteiger partial charge is 0.137 e. The minimum absolute atomic E-state index is 0.766. The molecule has 21 heavy (non-hydrogen) atoms. The Morgan fingerprint density at radius 2 is 1.95 bits per heavy atom. The number of imidazole rings is 1. The third kappa shape index (κ3) is 3.43. The van der Waals surface area contributed by atoms with Gasteiger partial charge in [0.15, 0.2) is 0 Å². The molecular weight excluding hydrogens is 282 g/mol. The quantitative estimate of drug-likeness (QED) is 0.778. The lowest BCUT2D eigenvalue weighted by Crippen LogP contribution is -2.11. The van der Waals surface area contributed by atoms with Crippen molar-refractivity contribution in [3.63, 3.8) is 0 Å². The lowest BCUT2D eigenvalue weighted by atomic mass is 10.1. The Labute approximate surface area is 129 Å². The molecule has 2 heterocycles. The summed E-state index contributed by atoms with van der Waals surface area (Å²) in [6, 6.07) is 12.2. The van der Waals surface area contributed by atoms with Crippen molar-refractivity contribution >= 4 is 17.2 Å². The Kier molecular flexibility index (Phi) is 4.23. The van der Waals surface area contributed by atoms with E-state index in [-0.39, 0.29) is 0 Å². The van der Waals surface area contributed by atoms with Crippen molar-refractivity contribution in [2.24, 2.45) is 0 Å². The first-order valence-electron chi connectivity index (χ1n) is 7.16. The Morgan fingerprint density at radius 1 is 1.14 bits per heavy atom. The van der Waals surface area contributed by atoms with Crippen LogP contribution in [0.25, 0.3) is 5.65 Å². The molecule has 2 aromatic heterocycles. The Morgan fingerprint density at radius 3 is 2.71 bits per heavy atom. The maximum absolute atomic E-state index is 5.91. The normalized spacial score (nSPS) is 11.1. The van der Waals surface area contributed by atoms with Crippen LogP contribution in [0.5, 0.6) is 0 Å². The molecule has 0 aliphatic heterocycles. The maximum Gasteiger partial charge on any atom is 0.137 e. The number of hydrogen-bond donors (Lipinski definition) is 1. The van der Waals surface area contributed by atoms with Crippen LogP contribution in [-0.2, 0) is 13.0 Å². The molecule has 0 radical (unpaired) electrons. The van der Waals surface area contributed by atoms with E-state index in [1.54, 1.807) is 0 Å². The molecule has 0 aliphatic carbocycles. The van der Waals surface area contributed by atoms with E-state index in [4.69, 9.17) is 16.6 Å². The molecule has 0 bridgehead atoms. The Bertz CT molecular complexity index is 731. The van der Waals surface area contributed by atoms with Gasteiger partial charge in [0.05, 0.1) is 5.69 Å². The van der Waals surface area contributed by atoms with Crippen molar-refractivity contribution in [2.45, 2.75) is 19.9 Å². The van der Waals surface area contributed by atoms with Gasteiger partial charge in [-0.15, -0.1) is 0 Å². The second-order valence-corrected chi connectivity index (χ2v) is 5.55. The molecular formula is C17H18ClN3. The van der Waals surface area contributed by atoms with Crippen LogP contribution < -0.4 is 5.32 Å². The number of nitrogens with zero attached hydrogens (tertiary/aromatic N) is 2. The summed E-state index contributed by atoms with van der Waals surface area (Å²) in [4.78, 5) is 4.70. The third-order valence-electron chi connectivity index (χ3n) is 3.45. The van der Waals surface area contributed by atoms with Gasteiger partial charge in [0, 0.05) is 30.4 Å². The van der Waals surface area contributed by atoms with Gasteiger partial charge < -0.3 is 9.72 Å². The maximum atomic E-state index is 5.91. The average molecular weight is 300 g/mol. The summed E-state index contributed by atoms with van der Waals surface area (Å²) in [5.74, 6) is 0. The lowest BCUT2D eigenvalue weighted by molar-refractivity contribution is 0.726. The van der Waals surface area contributed by atoms with E-state index in [0.29, 0.717) is 0 Å². The highest BCUT2D eigenvalue weighted by molar-refractivity contribution is 6.30. The molecule has 108 valence electrons. The van der Waals surface area contributed by atoms with Crippen molar-refractivity contribution in [3.8, 4) is 0 Å². The molecule has 1 N–H and O–H groups in total. The van der Waals surface area contributed by atoms with Crippen molar-refractivity contribution in [2.75, 3.05) is 6.54 Å². The van der Waals surface area contributed by atoms with Gasteiger partial charge in [-0.3, -0.25) is 0 Å². The first kappa shape index (κ1) is 14.1. The van der Waals surface area contributed by atoms with Crippen molar-refractivity contribution in [3.05, 3.63) is 70.6 Å². The molecule has 0 spiro atoms. The highest BCUT2D eigenvalue weighted by Gasteiger charge is 2.04. The minimum atomic E-state index is 0.766. The number of hydrogen-bond acceptors (Lipinski definition) is 2. The van der Waals surface area contributed by atoms with Crippen molar-refractivity contribution < 1.29 is 0 Å². The molecule has 3 nitrogen and oxygen atoms in total. The number of fused-ring (bicyclic) bond motifs is 1. The van der Waals surface area contributed by atoms with Gasteiger partial charge in [-0.2, -0.15) is 0 Å². The first-order valence-corrected chi connectivity index (χ1v) is 7.54. The van der Waals surface area contributed by atoms with E-state index in [9.17, 15) is 0 Å². The molecule has 0 fully saturated rings. The summed E-state index contributed by atoms with van der Waals surface area (Å²) in [6.07, 6.45) is 4.97. The van der Waals surface area contributed by atoms with Crippen LogP contribution in [0.2, 0.25) is 5.02 Å². The van der Waals surface area contributed by atoms with E-state index < -0.39 is 0 Å². The third-order valence-corrected chi connectivity index (χ3v) is 3.70. The Hall–Kier alpha value is -1.84. The number of rotatable bonds is 5. The van der Waals surface area contributed by atoms with Crippen LogP contribution in [0.4, 0.5) is 0 Å². The second kappa shape index (κ2) is 6.29. The zero-order valence-electron chi connectivity index (χ0n) is 12.0. The first-order chi connectivity index (χ1) is 10.2. The van der Waals surface area contributed by atoms with Crippen LogP contribution in [0, 0.1) is 0 Å². The van der Waals surface area contributed by atoms with Crippen LogP contribution in [-0.4, -0.2) is 15.9 Å². The predicted octanol–water partition coefficient (Wildman–Crippen LogP) is 3.69. The number of pyridine rings is 1. The van der Waals surface area contributed by atoms with E-state index in [2.05, 4.69) is 41.2 Å². The molecule has 0 aliphatic rings. The Balaban J connectivity index is 1.81. The fourth-order valence-corrected chi connectivity index (χ4v) is 2.48. The van der Waals surface area contributed by atoms with Crippen LogP contribution in [0.15, 0.2) is 48.8 Å². The zero-order chi connectivity index (χ0) is 14.7. The molecule has 0 atom stereocenters. The summed E-state index contributed by atoms with van der Waals surface area (Å²) < 4.78 is 2.07. The lowest BCUT2D eigenvalue weighted by Gasteiger charge is -2.01. The number of halogens is 1. The van der Waals surface area contributed by atoms with E-state index in [1.807, 2.05) is 24.3 Å². The van der Waals surface area contributed by atoms with Gasteiger partial charge in [0.1, 0.15) is 5.65 Å². The van der Waals surface area contributed by atoms with Gasteiger partial charge in [-0.1, -0.05) is 30.7 Å². The molecule has 0 amide bonds. The van der Waals surface area contributed by atoms with Crippen LogP contribution in [0.3, 0.4) is 0 Å².